The lowest BCUT2D eigenvalue weighted by Crippen LogP contribution is -2.44. The molecule has 31 heavy (non-hydrogen) atoms. The first-order valence-electron chi connectivity index (χ1n) is 10.4. The molecule has 1 aliphatic heterocycles. The molecule has 0 saturated carbocycles. The number of carbonyl (C=O) groups excluding carboxylic acids is 1. The molecule has 8 heteroatoms. The van der Waals surface area contributed by atoms with Crippen molar-refractivity contribution in [3.8, 4) is 5.75 Å². The molecule has 1 N–H and O–H groups in total. The first-order valence-corrected chi connectivity index (χ1v) is 11.2. The largest absolute Gasteiger partial charge is 0.486 e. The molecule has 1 aromatic carbocycles. The van der Waals surface area contributed by atoms with Gasteiger partial charge in [0.15, 0.2) is 10.9 Å². The van der Waals surface area contributed by atoms with Crippen molar-refractivity contribution >= 4 is 22.4 Å². The second-order valence-electron chi connectivity index (χ2n) is 7.92. The number of ether oxygens (including phenoxy) is 2. The van der Waals surface area contributed by atoms with Crippen molar-refractivity contribution in [2.45, 2.75) is 46.1 Å². The Morgan fingerprint density at radius 2 is 1.94 bits per heavy atom. The van der Waals surface area contributed by atoms with Crippen LogP contribution in [0.25, 0.3) is 0 Å². The van der Waals surface area contributed by atoms with Crippen molar-refractivity contribution in [2.24, 2.45) is 0 Å². The number of morpholine rings is 1. The van der Waals surface area contributed by atoms with E-state index in [0.717, 1.165) is 31.1 Å². The summed E-state index contributed by atoms with van der Waals surface area (Å²) in [7, 11) is 0. The zero-order valence-corrected chi connectivity index (χ0v) is 18.8. The number of nitrogens with one attached hydrogen (secondary N) is 1. The molecule has 4 rings (SSSR count). The number of hydrogen-bond acceptors (Lipinski definition) is 7. The van der Waals surface area contributed by atoms with Crippen LogP contribution in [0.3, 0.4) is 0 Å². The summed E-state index contributed by atoms with van der Waals surface area (Å²) in [6, 6.07) is 11.2. The predicted molar refractivity (Wildman–Crippen MR) is 120 cm³/mol. The summed E-state index contributed by atoms with van der Waals surface area (Å²) < 4.78 is 17.1. The van der Waals surface area contributed by atoms with Crippen LogP contribution in [0.1, 0.15) is 41.4 Å². The van der Waals surface area contributed by atoms with Crippen LogP contribution in [0.2, 0.25) is 0 Å². The van der Waals surface area contributed by atoms with E-state index in [2.05, 4.69) is 29.0 Å². The summed E-state index contributed by atoms with van der Waals surface area (Å²) in [6.07, 6.45) is 0.425. The first-order chi connectivity index (χ1) is 14.9. The van der Waals surface area contributed by atoms with Crippen LogP contribution >= 0.6 is 11.3 Å². The van der Waals surface area contributed by atoms with Crippen LogP contribution in [0.5, 0.6) is 5.75 Å². The van der Waals surface area contributed by atoms with Gasteiger partial charge in [0.05, 0.1) is 17.9 Å². The molecule has 2 atom stereocenters. The number of aryl methyl sites for hydroxylation is 1. The topological polar surface area (TPSA) is 76.8 Å². The zero-order chi connectivity index (χ0) is 21.8. The van der Waals surface area contributed by atoms with E-state index < -0.39 is 0 Å². The number of amides is 1. The smallest absolute Gasteiger partial charge is 0.293 e. The van der Waals surface area contributed by atoms with E-state index in [0.29, 0.717) is 10.9 Å². The van der Waals surface area contributed by atoms with Crippen LogP contribution in [0.15, 0.2) is 46.2 Å². The van der Waals surface area contributed by atoms with Gasteiger partial charge in [-0.25, -0.2) is 4.98 Å². The van der Waals surface area contributed by atoms with E-state index in [9.17, 15) is 4.79 Å². The van der Waals surface area contributed by atoms with Crippen LogP contribution in [-0.2, 0) is 17.9 Å². The molecule has 1 aliphatic rings. The molecule has 3 aromatic rings. The second kappa shape index (κ2) is 9.64. The number of anilines is 1. The van der Waals surface area contributed by atoms with E-state index in [1.165, 1.54) is 16.9 Å². The third-order valence-corrected chi connectivity index (χ3v) is 5.75. The molecule has 2 unspecified atom stereocenters. The molecule has 1 fully saturated rings. The van der Waals surface area contributed by atoms with Crippen molar-refractivity contribution < 1.29 is 18.7 Å². The molecular formula is C23H27N3O4S. The van der Waals surface area contributed by atoms with Crippen molar-refractivity contribution in [3.63, 3.8) is 0 Å². The van der Waals surface area contributed by atoms with Crippen LogP contribution in [-0.4, -0.2) is 41.1 Å². The highest BCUT2D eigenvalue weighted by Crippen LogP contribution is 2.21. The van der Waals surface area contributed by atoms with Crippen LogP contribution in [0, 0.1) is 6.92 Å². The van der Waals surface area contributed by atoms with Gasteiger partial charge in [-0.1, -0.05) is 17.7 Å². The minimum atomic E-state index is -0.323. The van der Waals surface area contributed by atoms with E-state index in [-0.39, 0.29) is 30.5 Å². The van der Waals surface area contributed by atoms with E-state index >= 15 is 0 Å². The predicted octanol–water partition coefficient (Wildman–Crippen LogP) is 4.49. The maximum Gasteiger partial charge on any atom is 0.293 e. The Balaban J connectivity index is 1.29. The molecule has 7 nitrogen and oxygen atoms in total. The molecular weight excluding hydrogens is 414 g/mol. The Hall–Kier alpha value is -2.68. The minimum absolute atomic E-state index is 0.213. The molecule has 3 heterocycles. The van der Waals surface area contributed by atoms with Gasteiger partial charge in [0.2, 0.25) is 0 Å². The summed E-state index contributed by atoms with van der Waals surface area (Å²) in [5.41, 5.74) is 2.11. The summed E-state index contributed by atoms with van der Waals surface area (Å²) in [5.74, 6) is 1.25. The monoisotopic (exact) mass is 441 g/mol. The summed E-state index contributed by atoms with van der Waals surface area (Å²) in [5, 5.41) is 5.35. The van der Waals surface area contributed by atoms with Crippen molar-refractivity contribution in [3.05, 3.63) is 64.6 Å². The Kier molecular flexibility index (Phi) is 6.70. The van der Waals surface area contributed by atoms with Crippen LogP contribution in [0.4, 0.5) is 5.13 Å². The van der Waals surface area contributed by atoms with Crippen molar-refractivity contribution in [1.82, 2.24) is 9.88 Å². The second-order valence-corrected chi connectivity index (χ2v) is 8.78. The number of furan rings is 1. The van der Waals surface area contributed by atoms with Gasteiger partial charge in [0.25, 0.3) is 5.91 Å². The van der Waals surface area contributed by atoms with Gasteiger partial charge in [0.1, 0.15) is 18.1 Å². The average molecular weight is 442 g/mol. The number of benzene rings is 1. The van der Waals surface area contributed by atoms with Gasteiger partial charge < -0.3 is 13.9 Å². The Morgan fingerprint density at radius 1 is 1.19 bits per heavy atom. The molecule has 164 valence electrons. The van der Waals surface area contributed by atoms with Crippen molar-refractivity contribution in [2.75, 3.05) is 18.4 Å². The number of thiazole rings is 1. The third kappa shape index (κ3) is 5.94. The zero-order valence-electron chi connectivity index (χ0n) is 18.0. The average Bonchev–Trinajstić information content (AvgIpc) is 3.36. The normalized spacial score (nSPS) is 19.3. The Bertz CT molecular complexity index is 1000. The minimum Gasteiger partial charge on any atom is -0.486 e. The number of carbonyl (C=O) groups is 1. The highest BCUT2D eigenvalue weighted by molar-refractivity contribution is 7.13. The summed E-state index contributed by atoms with van der Waals surface area (Å²) in [4.78, 5) is 19.4. The highest BCUT2D eigenvalue weighted by Gasteiger charge is 2.23. The molecule has 0 spiro atoms. The first kappa shape index (κ1) is 21.5. The molecule has 0 aliphatic carbocycles. The Labute approximate surface area is 186 Å². The van der Waals surface area contributed by atoms with Gasteiger partial charge in [-0.15, -0.1) is 11.3 Å². The standard InChI is InChI=1S/C23H27N3O4S/c1-15-4-6-19(7-5-15)28-13-20-8-9-21(30-20)22(27)25-23-24-18(14-31-23)12-26-10-16(2)29-17(3)11-26/h4-9,14,16-17H,10-13H2,1-3H3,(H,24,25,27). The fourth-order valence-corrected chi connectivity index (χ4v) is 4.30. The molecule has 0 radical (unpaired) electrons. The molecule has 1 amide bonds. The summed E-state index contributed by atoms with van der Waals surface area (Å²) in [6.45, 7) is 8.94. The van der Waals surface area contributed by atoms with Gasteiger partial charge in [0, 0.05) is 25.0 Å². The van der Waals surface area contributed by atoms with Gasteiger partial charge in [-0.2, -0.15) is 0 Å². The molecule has 0 bridgehead atoms. The molecule has 1 saturated heterocycles. The van der Waals surface area contributed by atoms with E-state index in [4.69, 9.17) is 13.9 Å². The van der Waals surface area contributed by atoms with E-state index in [1.54, 1.807) is 12.1 Å². The van der Waals surface area contributed by atoms with E-state index in [1.807, 2.05) is 36.6 Å². The SMILES string of the molecule is Cc1ccc(OCc2ccc(C(=O)Nc3nc(CN4CC(C)OC(C)C4)cs3)o2)cc1. The fourth-order valence-electron chi connectivity index (χ4n) is 3.60. The number of hydrogen-bond donors (Lipinski definition) is 1. The maximum absolute atomic E-state index is 12.5. The Morgan fingerprint density at radius 3 is 2.68 bits per heavy atom. The fraction of sp³-hybridized carbons (Fsp3) is 0.391. The van der Waals surface area contributed by atoms with Gasteiger partial charge >= 0.3 is 0 Å². The van der Waals surface area contributed by atoms with Crippen LogP contribution < -0.4 is 10.1 Å². The molecule has 2 aromatic heterocycles. The lowest BCUT2D eigenvalue weighted by Gasteiger charge is -2.34. The maximum atomic E-state index is 12.5. The van der Waals surface area contributed by atoms with Crippen molar-refractivity contribution in [1.29, 1.82) is 0 Å². The number of aromatic nitrogens is 1. The number of nitrogens with zero attached hydrogens (tertiary/aromatic N) is 2. The third-order valence-electron chi connectivity index (χ3n) is 4.94. The number of rotatable bonds is 7. The lowest BCUT2D eigenvalue weighted by atomic mass is 10.2. The highest BCUT2D eigenvalue weighted by atomic mass is 32.1. The van der Waals surface area contributed by atoms with Gasteiger partial charge in [-0.3, -0.25) is 15.0 Å². The van der Waals surface area contributed by atoms with Gasteiger partial charge in [-0.05, 0) is 45.0 Å². The summed E-state index contributed by atoms with van der Waals surface area (Å²) >= 11 is 1.41. The quantitative estimate of drug-likeness (QED) is 0.582. The lowest BCUT2D eigenvalue weighted by molar-refractivity contribution is -0.0707.